The van der Waals surface area contributed by atoms with Gasteiger partial charge in [0.05, 0.1) is 51.6 Å². The number of benzene rings is 2. The number of methoxy groups -OCH3 is 3. The number of ether oxygens (including phenoxy) is 6. The van der Waals surface area contributed by atoms with Gasteiger partial charge in [-0.3, -0.25) is 9.59 Å². The second-order valence-corrected chi connectivity index (χ2v) is 12.4. The van der Waals surface area contributed by atoms with Crippen LogP contribution < -0.4 is 18.9 Å². The summed E-state index contributed by atoms with van der Waals surface area (Å²) in [6.45, 7) is 9.15. The number of rotatable bonds is 26. The zero-order chi connectivity index (χ0) is 37.5. The van der Waals surface area contributed by atoms with Crippen molar-refractivity contribution >= 4 is 29.4 Å². The van der Waals surface area contributed by atoms with E-state index in [-0.39, 0.29) is 31.8 Å². The van der Waals surface area contributed by atoms with E-state index >= 15 is 0 Å². The second-order valence-electron chi connectivity index (χ2n) is 12.4. The fourth-order valence-electron chi connectivity index (χ4n) is 5.23. The molecule has 0 aliphatic heterocycles. The van der Waals surface area contributed by atoms with Crippen LogP contribution in [0.15, 0.2) is 61.7 Å². The summed E-state index contributed by atoms with van der Waals surface area (Å²) in [5.41, 5.74) is 0.893. The maximum atomic E-state index is 12.8. The van der Waals surface area contributed by atoms with Crippen LogP contribution in [0.2, 0.25) is 0 Å². The molecule has 0 saturated heterocycles. The van der Waals surface area contributed by atoms with Crippen molar-refractivity contribution in [2.75, 3.05) is 41.2 Å². The van der Waals surface area contributed by atoms with Crippen LogP contribution in [0.5, 0.6) is 23.0 Å². The fraction of sp³-hybridized carbons (Fsp3) is 0.463. The van der Waals surface area contributed by atoms with Gasteiger partial charge >= 0.3 is 11.9 Å². The number of carbonyl (C=O) groups excluding carboxylic acids is 3. The van der Waals surface area contributed by atoms with Crippen LogP contribution >= 0.6 is 0 Å². The lowest BCUT2D eigenvalue weighted by Crippen LogP contribution is -2.36. The third-order valence-electron chi connectivity index (χ3n) is 8.44. The smallest absolute Gasteiger partial charge is 0.330 e. The van der Waals surface area contributed by atoms with E-state index in [0.717, 1.165) is 75.0 Å². The summed E-state index contributed by atoms with van der Waals surface area (Å²) in [5.74, 6) is 1.11. The standard InChI is InChI=1S/C41H53NO9/c1-7-34(43)22-23-41(3,30-51-39(44)8-2)40(45)50-25-17-15-13-11-9-10-12-14-16-24-49-36-20-18-31(27-37(36)47-5)26-33(29-42)32-19-21-35(46-4)38(28-32)48-6/h7-8,18-21,26-28H,1-2,9-17,22-25,30H2,3-6H3. The molecule has 0 aliphatic rings. The summed E-state index contributed by atoms with van der Waals surface area (Å²) in [7, 11) is 4.73. The van der Waals surface area contributed by atoms with Gasteiger partial charge < -0.3 is 28.4 Å². The first-order valence-electron chi connectivity index (χ1n) is 17.4. The Morgan fingerprint density at radius 3 is 1.92 bits per heavy atom. The molecule has 2 rings (SSSR count). The Kier molecular flexibility index (Phi) is 19.3. The molecular formula is C41H53NO9. The van der Waals surface area contributed by atoms with Crippen LogP contribution in [0.1, 0.15) is 88.7 Å². The highest BCUT2D eigenvalue weighted by Gasteiger charge is 2.36. The Labute approximate surface area is 303 Å². The van der Waals surface area contributed by atoms with Crippen LogP contribution in [0.3, 0.4) is 0 Å². The molecule has 51 heavy (non-hydrogen) atoms. The molecule has 0 fully saturated rings. The minimum absolute atomic E-state index is 0.115. The van der Waals surface area contributed by atoms with Crippen LogP contribution in [-0.4, -0.2) is 58.9 Å². The largest absolute Gasteiger partial charge is 0.493 e. The minimum Gasteiger partial charge on any atom is -0.493 e. The van der Waals surface area contributed by atoms with Crippen LogP contribution in [-0.2, 0) is 23.9 Å². The third-order valence-corrected chi connectivity index (χ3v) is 8.44. The van der Waals surface area contributed by atoms with Crippen molar-refractivity contribution in [3.8, 4) is 29.1 Å². The summed E-state index contributed by atoms with van der Waals surface area (Å²) in [5, 5.41) is 9.81. The molecule has 0 spiro atoms. The van der Waals surface area contributed by atoms with Crippen molar-refractivity contribution in [3.63, 3.8) is 0 Å². The van der Waals surface area contributed by atoms with E-state index in [2.05, 4.69) is 19.2 Å². The molecule has 0 radical (unpaired) electrons. The van der Waals surface area contributed by atoms with Gasteiger partial charge in [0, 0.05) is 12.5 Å². The minimum atomic E-state index is -1.12. The van der Waals surface area contributed by atoms with E-state index in [1.807, 2.05) is 24.3 Å². The molecule has 2 aromatic carbocycles. The number of hydrogen-bond donors (Lipinski definition) is 0. The van der Waals surface area contributed by atoms with Crippen LogP contribution in [0.25, 0.3) is 11.6 Å². The summed E-state index contributed by atoms with van der Waals surface area (Å²) in [4.78, 5) is 36.0. The lowest BCUT2D eigenvalue weighted by molar-refractivity contribution is -0.162. The number of carbonyl (C=O) groups is 3. The van der Waals surface area contributed by atoms with E-state index in [1.54, 1.807) is 46.5 Å². The van der Waals surface area contributed by atoms with Gasteiger partial charge in [-0.15, -0.1) is 0 Å². The topological polar surface area (TPSA) is 130 Å². The SMILES string of the molecule is C=CC(=O)CCC(C)(COC(=O)C=C)C(=O)OCCCCCCCCCCCOc1ccc(C=C(C#N)c2ccc(OC)c(OC)c2)cc1OC. The molecule has 276 valence electrons. The number of allylic oxidation sites excluding steroid dienone is 2. The zero-order valence-electron chi connectivity index (χ0n) is 30.6. The first-order valence-corrected chi connectivity index (χ1v) is 17.4. The average molecular weight is 704 g/mol. The van der Waals surface area contributed by atoms with Crippen molar-refractivity contribution < 1.29 is 42.8 Å². The summed E-state index contributed by atoms with van der Waals surface area (Å²) in [6.07, 6.45) is 13.6. The molecule has 0 heterocycles. The predicted molar refractivity (Wildman–Crippen MR) is 198 cm³/mol. The third kappa shape index (κ3) is 14.8. The molecule has 2 aromatic rings. The van der Waals surface area contributed by atoms with Gasteiger partial charge in [-0.25, -0.2) is 4.79 Å². The number of nitrogens with zero attached hydrogens (tertiary/aromatic N) is 1. The first-order chi connectivity index (χ1) is 24.6. The molecule has 0 aliphatic carbocycles. The molecular weight excluding hydrogens is 650 g/mol. The van der Waals surface area contributed by atoms with E-state index in [9.17, 15) is 19.6 Å². The van der Waals surface area contributed by atoms with E-state index in [1.165, 1.54) is 6.08 Å². The molecule has 1 unspecified atom stereocenters. The van der Waals surface area contributed by atoms with E-state index in [0.29, 0.717) is 35.2 Å². The number of nitriles is 1. The van der Waals surface area contributed by atoms with Crippen molar-refractivity contribution in [3.05, 3.63) is 72.8 Å². The van der Waals surface area contributed by atoms with Gasteiger partial charge in [0.1, 0.15) is 6.61 Å². The molecule has 0 N–H and O–H groups in total. The fourth-order valence-corrected chi connectivity index (χ4v) is 5.23. The number of hydrogen-bond acceptors (Lipinski definition) is 10. The Morgan fingerprint density at radius 2 is 1.33 bits per heavy atom. The Bertz CT molecular complexity index is 1500. The maximum Gasteiger partial charge on any atom is 0.330 e. The maximum absolute atomic E-state index is 12.8. The Balaban J connectivity index is 1.66. The monoisotopic (exact) mass is 703 g/mol. The van der Waals surface area contributed by atoms with E-state index < -0.39 is 17.4 Å². The highest BCUT2D eigenvalue weighted by Crippen LogP contribution is 2.33. The highest BCUT2D eigenvalue weighted by molar-refractivity contribution is 5.91. The zero-order valence-corrected chi connectivity index (χ0v) is 30.6. The Morgan fingerprint density at radius 1 is 0.745 bits per heavy atom. The van der Waals surface area contributed by atoms with Crippen molar-refractivity contribution in [1.82, 2.24) is 0 Å². The van der Waals surface area contributed by atoms with Gasteiger partial charge in [0.25, 0.3) is 0 Å². The molecule has 0 amide bonds. The normalized spacial score (nSPS) is 12.1. The molecule has 10 nitrogen and oxygen atoms in total. The van der Waals surface area contributed by atoms with Gasteiger partial charge in [-0.05, 0) is 79.8 Å². The number of ketones is 1. The van der Waals surface area contributed by atoms with Gasteiger partial charge in [0.15, 0.2) is 28.8 Å². The number of unbranched alkanes of at least 4 members (excludes halogenated alkanes) is 8. The summed E-state index contributed by atoms with van der Waals surface area (Å²) >= 11 is 0. The van der Waals surface area contributed by atoms with E-state index in [4.69, 9.17) is 28.4 Å². The second kappa shape index (κ2) is 23.4. The van der Waals surface area contributed by atoms with Gasteiger partial charge in [-0.2, -0.15) is 5.26 Å². The molecule has 10 heteroatoms. The first kappa shape index (κ1) is 42.1. The van der Waals surface area contributed by atoms with Crippen molar-refractivity contribution in [1.29, 1.82) is 5.26 Å². The lowest BCUT2D eigenvalue weighted by Gasteiger charge is -2.26. The molecule has 0 bridgehead atoms. The Hall–Kier alpha value is -5.04. The average Bonchev–Trinajstić information content (AvgIpc) is 3.16. The highest BCUT2D eigenvalue weighted by atomic mass is 16.6. The molecule has 0 saturated carbocycles. The predicted octanol–water partition coefficient (Wildman–Crippen LogP) is 8.48. The summed E-state index contributed by atoms with van der Waals surface area (Å²) < 4.78 is 32.9. The van der Waals surface area contributed by atoms with Gasteiger partial charge in [0.2, 0.25) is 0 Å². The molecule has 0 aromatic heterocycles. The van der Waals surface area contributed by atoms with Crippen LogP contribution in [0, 0.1) is 16.7 Å². The molecule has 1 atom stereocenters. The number of esters is 2. The summed E-state index contributed by atoms with van der Waals surface area (Å²) in [6, 6.07) is 13.2. The lowest BCUT2D eigenvalue weighted by atomic mass is 9.85. The van der Waals surface area contributed by atoms with Crippen molar-refractivity contribution in [2.24, 2.45) is 5.41 Å². The quantitative estimate of drug-likeness (QED) is 0.0309. The van der Waals surface area contributed by atoms with Gasteiger partial charge in [-0.1, -0.05) is 64.2 Å². The van der Waals surface area contributed by atoms with Crippen molar-refractivity contribution in [2.45, 2.75) is 77.6 Å². The van der Waals surface area contributed by atoms with Crippen LogP contribution in [0.4, 0.5) is 0 Å².